The minimum Gasteiger partial charge on any atom is -0.393 e. The molecule has 5 rings (SSSR count). The van der Waals surface area contributed by atoms with Gasteiger partial charge in [0.1, 0.15) is 23.4 Å². The van der Waals surface area contributed by atoms with Gasteiger partial charge in [0.2, 0.25) is 5.78 Å². The molecule has 4 atom stereocenters. The van der Waals surface area contributed by atoms with Crippen molar-refractivity contribution in [1.82, 2.24) is 15.0 Å². The molecule has 1 radical (unpaired) electrons. The number of ketones is 1. The zero-order chi connectivity index (χ0) is 23.1. The average molecular weight is 484 g/mol. The lowest BCUT2D eigenvalue weighted by Crippen LogP contribution is -2.20. The van der Waals surface area contributed by atoms with Crippen LogP contribution in [0, 0.1) is 19.8 Å². The fourth-order valence-corrected chi connectivity index (χ4v) is 5.70. The molecule has 0 amide bonds. The van der Waals surface area contributed by atoms with Crippen molar-refractivity contribution in [2.75, 3.05) is 11.9 Å². The molecule has 0 bridgehead atoms. The molecule has 0 unspecified atom stereocenters. The number of aliphatic hydroxyl groups is 1. The van der Waals surface area contributed by atoms with Gasteiger partial charge >= 0.3 is 0 Å². The van der Waals surface area contributed by atoms with E-state index < -0.39 is 6.10 Å². The van der Waals surface area contributed by atoms with Crippen LogP contribution in [-0.2, 0) is 11.2 Å². The summed E-state index contributed by atoms with van der Waals surface area (Å²) in [6.45, 7) is 6.54. The summed E-state index contributed by atoms with van der Waals surface area (Å²) in [5, 5.41) is 13.8. The van der Waals surface area contributed by atoms with Crippen molar-refractivity contribution in [1.29, 1.82) is 0 Å². The van der Waals surface area contributed by atoms with E-state index >= 15 is 0 Å². The van der Waals surface area contributed by atoms with Gasteiger partial charge in [-0.05, 0) is 56.7 Å². The molecule has 9 heteroatoms. The summed E-state index contributed by atoms with van der Waals surface area (Å²) >= 11 is 7.57. The second-order valence-electron chi connectivity index (χ2n) is 8.56. The Labute approximate surface area is 201 Å². The van der Waals surface area contributed by atoms with Crippen molar-refractivity contribution in [3.05, 3.63) is 74.9 Å². The molecule has 0 spiro atoms. The minimum atomic E-state index is -0.452. The maximum absolute atomic E-state index is 13.5. The quantitative estimate of drug-likeness (QED) is 0.415. The van der Waals surface area contributed by atoms with Crippen LogP contribution in [0.15, 0.2) is 30.7 Å². The van der Waals surface area contributed by atoms with Gasteiger partial charge in [-0.1, -0.05) is 17.7 Å². The van der Waals surface area contributed by atoms with Crippen LogP contribution in [-0.4, -0.2) is 44.6 Å². The Morgan fingerprint density at radius 1 is 1.36 bits per heavy atom. The van der Waals surface area contributed by atoms with E-state index in [9.17, 15) is 9.90 Å². The number of aryl methyl sites for hydroxylation is 1. The number of ether oxygens (including phenoxy) is 1. The van der Waals surface area contributed by atoms with Gasteiger partial charge in [-0.2, -0.15) is 0 Å². The predicted molar refractivity (Wildman–Crippen MR) is 127 cm³/mol. The van der Waals surface area contributed by atoms with Crippen LogP contribution in [0.4, 0.5) is 5.82 Å². The van der Waals surface area contributed by atoms with Crippen LogP contribution in [0.3, 0.4) is 0 Å². The molecule has 171 valence electrons. The summed E-state index contributed by atoms with van der Waals surface area (Å²) in [4.78, 5) is 27.9. The lowest BCUT2D eigenvalue weighted by atomic mass is 9.98. The number of nitrogens with one attached hydrogen (secondary N) is 1. The van der Waals surface area contributed by atoms with E-state index in [4.69, 9.17) is 16.3 Å². The minimum absolute atomic E-state index is 0.00699. The fourth-order valence-electron chi connectivity index (χ4n) is 4.55. The lowest BCUT2D eigenvalue weighted by molar-refractivity contribution is 0.0663. The van der Waals surface area contributed by atoms with Crippen LogP contribution in [0.1, 0.15) is 55.9 Å². The fraction of sp³-hybridized carbons (Fsp3) is 0.375. The number of thiophene rings is 1. The highest BCUT2D eigenvalue weighted by molar-refractivity contribution is 7.14. The first-order valence-electron chi connectivity index (χ1n) is 10.9. The molecule has 1 aliphatic carbocycles. The number of hydrogen-bond acceptors (Lipinski definition) is 8. The zero-order valence-electron chi connectivity index (χ0n) is 18.1. The number of rotatable bonds is 5. The lowest BCUT2D eigenvalue weighted by Gasteiger charge is -2.25. The summed E-state index contributed by atoms with van der Waals surface area (Å²) < 4.78 is 6.07. The van der Waals surface area contributed by atoms with Crippen LogP contribution >= 0.6 is 22.9 Å². The van der Waals surface area contributed by atoms with Gasteiger partial charge in [-0.15, -0.1) is 11.3 Å². The largest absolute Gasteiger partial charge is 0.393 e. The molecule has 3 aromatic heterocycles. The van der Waals surface area contributed by atoms with Crippen LogP contribution in [0.5, 0.6) is 0 Å². The second-order valence-corrected chi connectivity index (χ2v) is 10.2. The third kappa shape index (κ3) is 4.40. The van der Waals surface area contributed by atoms with Crippen molar-refractivity contribution in [2.45, 2.75) is 44.4 Å². The van der Waals surface area contributed by atoms with E-state index in [-0.39, 0.29) is 23.8 Å². The van der Waals surface area contributed by atoms with Gasteiger partial charge in [0, 0.05) is 22.7 Å². The second kappa shape index (κ2) is 9.10. The number of fused-ring (bicyclic) bond motifs is 1. The van der Waals surface area contributed by atoms with E-state index in [0.717, 1.165) is 34.5 Å². The molecule has 2 aliphatic rings. The van der Waals surface area contributed by atoms with Crippen molar-refractivity contribution < 1.29 is 14.6 Å². The average Bonchev–Trinajstić information content (AvgIpc) is 3.34. The standard InChI is InChI=1S/C24H24ClN4O3S/c1-12-7-15(8-18(12)30)28-24-17(10-26-11-27-24)22(31)19-9-16(13(2)33-19)23-21-14(5-6-32-23)3-4-20(25)29-21/h3-4,9-12,15,18,23,30H,1,5-8H2,2H3,(H,26,27,28)/t12-,15-,18+,23-/m1/s1. The Morgan fingerprint density at radius 2 is 2.21 bits per heavy atom. The summed E-state index contributed by atoms with van der Waals surface area (Å²) in [6.07, 6.45) is 4.21. The zero-order valence-corrected chi connectivity index (χ0v) is 19.7. The van der Waals surface area contributed by atoms with Crippen molar-refractivity contribution in [2.24, 2.45) is 5.92 Å². The smallest absolute Gasteiger partial charge is 0.208 e. The monoisotopic (exact) mass is 483 g/mol. The third-order valence-corrected chi connectivity index (χ3v) is 7.58. The molecule has 3 aromatic rings. The number of carbonyl (C=O) groups excluding carboxylic acids is 1. The Morgan fingerprint density at radius 3 is 3.00 bits per heavy atom. The SMILES string of the molecule is [CH2][C@@H]1C[C@@H](Nc2ncncc2C(=O)c2cc([C@H]3OCCc4ccc(Cl)nc43)c(C)s2)C[C@@H]1O. The predicted octanol–water partition coefficient (Wildman–Crippen LogP) is 4.17. The molecule has 4 heterocycles. The van der Waals surface area contributed by atoms with Crippen molar-refractivity contribution >= 4 is 34.5 Å². The number of aromatic nitrogens is 3. The van der Waals surface area contributed by atoms with E-state index in [0.29, 0.717) is 34.4 Å². The van der Waals surface area contributed by atoms with E-state index in [2.05, 4.69) is 27.2 Å². The van der Waals surface area contributed by atoms with E-state index in [1.165, 1.54) is 23.9 Å². The number of halogens is 1. The first-order valence-corrected chi connectivity index (χ1v) is 12.1. The number of pyridine rings is 1. The summed E-state index contributed by atoms with van der Waals surface area (Å²) in [5.41, 5.74) is 3.24. The summed E-state index contributed by atoms with van der Waals surface area (Å²) in [5.74, 6) is 0.283. The van der Waals surface area contributed by atoms with Crippen LogP contribution in [0.25, 0.3) is 0 Å². The highest BCUT2D eigenvalue weighted by atomic mass is 35.5. The molecule has 33 heavy (non-hydrogen) atoms. The Hall–Kier alpha value is -2.39. The molecular weight excluding hydrogens is 460 g/mol. The Kier molecular flexibility index (Phi) is 6.18. The Balaban J connectivity index is 1.43. The number of anilines is 1. The maximum Gasteiger partial charge on any atom is 0.208 e. The highest BCUT2D eigenvalue weighted by Gasteiger charge is 2.32. The number of hydrogen-bond donors (Lipinski definition) is 2. The summed E-state index contributed by atoms with van der Waals surface area (Å²) in [7, 11) is 0. The van der Waals surface area contributed by atoms with Gasteiger partial charge < -0.3 is 15.2 Å². The molecular formula is C24H24ClN4O3S. The van der Waals surface area contributed by atoms with Crippen molar-refractivity contribution in [3.63, 3.8) is 0 Å². The molecule has 1 aliphatic heterocycles. The van der Waals surface area contributed by atoms with E-state index in [1.807, 2.05) is 19.1 Å². The highest BCUT2D eigenvalue weighted by Crippen LogP contribution is 2.38. The first-order chi connectivity index (χ1) is 15.9. The molecule has 2 N–H and O–H groups in total. The first kappa shape index (κ1) is 22.4. The third-order valence-electron chi connectivity index (χ3n) is 6.30. The van der Waals surface area contributed by atoms with Gasteiger partial charge in [0.25, 0.3) is 0 Å². The normalized spacial score (nSPS) is 24.5. The maximum atomic E-state index is 13.5. The van der Waals surface area contributed by atoms with Crippen molar-refractivity contribution in [3.8, 4) is 0 Å². The molecule has 7 nitrogen and oxygen atoms in total. The molecule has 1 fully saturated rings. The van der Waals surface area contributed by atoms with Gasteiger partial charge in [-0.3, -0.25) is 4.79 Å². The molecule has 1 saturated carbocycles. The summed E-state index contributed by atoms with van der Waals surface area (Å²) in [6, 6.07) is 5.67. The molecule has 0 saturated heterocycles. The van der Waals surface area contributed by atoms with Gasteiger partial charge in [0.05, 0.1) is 28.8 Å². The topological polar surface area (TPSA) is 97.2 Å². The van der Waals surface area contributed by atoms with Gasteiger partial charge in [-0.25, -0.2) is 15.0 Å². The molecule has 0 aromatic carbocycles. The van der Waals surface area contributed by atoms with Crippen LogP contribution in [0.2, 0.25) is 5.15 Å². The number of nitrogens with zero attached hydrogens (tertiary/aromatic N) is 3. The number of carbonyl (C=O) groups is 1. The number of aliphatic hydroxyl groups excluding tert-OH is 1. The van der Waals surface area contributed by atoms with Gasteiger partial charge in [0.15, 0.2) is 0 Å². The van der Waals surface area contributed by atoms with E-state index in [1.54, 1.807) is 6.07 Å². The Bertz CT molecular complexity index is 1190. The van der Waals surface area contributed by atoms with Crippen LogP contribution < -0.4 is 5.32 Å².